The Kier molecular flexibility index (Phi) is 4.34. The number of nitrogens with two attached hydrogens (primary N) is 1. The van der Waals surface area contributed by atoms with Crippen LogP contribution >= 0.6 is 0 Å². The van der Waals surface area contributed by atoms with Gasteiger partial charge in [-0.1, -0.05) is 0 Å². The molecule has 17 heavy (non-hydrogen) atoms. The summed E-state index contributed by atoms with van der Waals surface area (Å²) in [5.74, 6) is -0.968. The molecule has 0 bridgehead atoms. The summed E-state index contributed by atoms with van der Waals surface area (Å²) in [7, 11) is 4.01. The van der Waals surface area contributed by atoms with Crippen LogP contribution in [-0.4, -0.2) is 42.7 Å². The molecule has 0 aliphatic carbocycles. The van der Waals surface area contributed by atoms with Crippen molar-refractivity contribution in [2.45, 2.75) is 13.0 Å². The number of carboxylic acid groups (broad SMARTS) is 1. The lowest BCUT2D eigenvalue weighted by molar-refractivity contribution is 0.0697. The molecule has 1 atom stereocenters. The molecule has 0 fully saturated rings. The monoisotopic (exact) mass is 237 g/mol. The molecule has 5 nitrogen and oxygen atoms in total. The average Bonchev–Trinajstić information content (AvgIpc) is 2.26. The Labute approximate surface area is 101 Å². The summed E-state index contributed by atoms with van der Waals surface area (Å²) < 4.78 is 0. The Morgan fingerprint density at radius 1 is 1.53 bits per heavy atom. The van der Waals surface area contributed by atoms with Crippen molar-refractivity contribution >= 4 is 17.3 Å². The van der Waals surface area contributed by atoms with Gasteiger partial charge >= 0.3 is 5.97 Å². The number of benzene rings is 1. The molecule has 4 N–H and O–H groups in total. The molecule has 1 rings (SSSR count). The second-order valence-electron chi connectivity index (χ2n) is 4.30. The average molecular weight is 237 g/mol. The lowest BCUT2D eigenvalue weighted by Gasteiger charge is -2.21. The van der Waals surface area contributed by atoms with Crippen LogP contribution in [0.4, 0.5) is 11.4 Å². The minimum absolute atomic E-state index is 0.203. The molecule has 0 radical (unpaired) electrons. The third-order valence-electron chi connectivity index (χ3n) is 2.77. The SMILES string of the molecule is CC(CNc1ccc(C(=O)O)cc1N)N(C)C. The highest BCUT2D eigenvalue weighted by molar-refractivity contribution is 5.90. The third-order valence-corrected chi connectivity index (χ3v) is 2.77. The number of hydrogen-bond donors (Lipinski definition) is 3. The largest absolute Gasteiger partial charge is 0.478 e. The van der Waals surface area contributed by atoms with E-state index < -0.39 is 5.97 Å². The van der Waals surface area contributed by atoms with E-state index in [-0.39, 0.29) is 5.56 Å². The van der Waals surface area contributed by atoms with Crippen LogP contribution in [0.25, 0.3) is 0 Å². The first-order chi connectivity index (χ1) is 7.91. The fraction of sp³-hybridized carbons (Fsp3) is 0.417. The second-order valence-corrected chi connectivity index (χ2v) is 4.30. The normalized spacial score (nSPS) is 12.5. The van der Waals surface area contributed by atoms with Gasteiger partial charge in [-0.15, -0.1) is 0 Å². The van der Waals surface area contributed by atoms with E-state index in [1.54, 1.807) is 12.1 Å². The van der Waals surface area contributed by atoms with Crippen LogP contribution in [0.3, 0.4) is 0 Å². The number of nitrogens with one attached hydrogen (secondary N) is 1. The van der Waals surface area contributed by atoms with Gasteiger partial charge in [0.15, 0.2) is 0 Å². The van der Waals surface area contributed by atoms with Crippen LogP contribution in [0.1, 0.15) is 17.3 Å². The summed E-state index contributed by atoms with van der Waals surface area (Å²) in [5.41, 5.74) is 7.21. The number of carboxylic acids is 1. The van der Waals surface area contributed by atoms with Crippen molar-refractivity contribution in [2.24, 2.45) is 0 Å². The Hall–Kier alpha value is -1.75. The molecular formula is C12H19N3O2. The number of likely N-dealkylation sites (N-methyl/N-ethyl adjacent to an activating group) is 1. The fourth-order valence-electron chi connectivity index (χ4n) is 1.30. The maximum absolute atomic E-state index is 10.7. The number of hydrogen-bond acceptors (Lipinski definition) is 4. The van der Waals surface area contributed by atoms with Gasteiger partial charge in [-0.05, 0) is 39.2 Å². The van der Waals surface area contributed by atoms with Crippen molar-refractivity contribution in [2.75, 3.05) is 31.7 Å². The first kappa shape index (κ1) is 13.3. The van der Waals surface area contributed by atoms with E-state index in [1.807, 2.05) is 14.1 Å². The molecule has 1 unspecified atom stereocenters. The number of nitrogens with zero attached hydrogens (tertiary/aromatic N) is 1. The number of aromatic carboxylic acids is 1. The summed E-state index contributed by atoms with van der Waals surface area (Å²) in [6.45, 7) is 2.85. The van der Waals surface area contributed by atoms with Crippen molar-refractivity contribution in [1.29, 1.82) is 0 Å². The highest BCUT2D eigenvalue weighted by atomic mass is 16.4. The van der Waals surface area contributed by atoms with Crippen molar-refractivity contribution in [3.8, 4) is 0 Å². The van der Waals surface area contributed by atoms with Crippen LogP contribution in [0.15, 0.2) is 18.2 Å². The van der Waals surface area contributed by atoms with E-state index >= 15 is 0 Å². The van der Waals surface area contributed by atoms with Gasteiger partial charge in [0.1, 0.15) is 0 Å². The molecule has 1 aromatic rings. The fourth-order valence-corrected chi connectivity index (χ4v) is 1.30. The third kappa shape index (κ3) is 3.64. The Balaban J connectivity index is 2.70. The molecule has 94 valence electrons. The van der Waals surface area contributed by atoms with Crippen molar-refractivity contribution < 1.29 is 9.90 Å². The van der Waals surface area contributed by atoms with E-state index in [2.05, 4.69) is 17.1 Å². The van der Waals surface area contributed by atoms with Gasteiger partial charge in [0, 0.05) is 12.6 Å². The highest BCUT2D eigenvalue weighted by Gasteiger charge is 2.08. The summed E-state index contributed by atoms with van der Waals surface area (Å²) in [4.78, 5) is 12.8. The number of nitrogen functional groups attached to an aromatic ring is 1. The maximum Gasteiger partial charge on any atom is 0.335 e. The predicted octanol–water partition coefficient (Wildman–Crippen LogP) is 1.33. The molecule has 1 aromatic carbocycles. The highest BCUT2D eigenvalue weighted by Crippen LogP contribution is 2.19. The van der Waals surface area contributed by atoms with Gasteiger partial charge in [-0.2, -0.15) is 0 Å². The predicted molar refractivity (Wildman–Crippen MR) is 69.5 cm³/mol. The molecule has 5 heteroatoms. The Morgan fingerprint density at radius 3 is 2.65 bits per heavy atom. The molecule has 0 aromatic heterocycles. The molecule has 0 saturated carbocycles. The second kappa shape index (κ2) is 5.54. The zero-order valence-electron chi connectivity index (χ0n) is 10.4. The summed E-state index contributed by atoms with van der Waals surface area (Å²) in [6, 6.07) is 5.07. The van der Waals surface area contributed by atoms with E-state index in [9.17, 15) is 4.79 Å². The summed E-state index contributed by atoms with van der Waals surface area (Å²) in [5, 5.41) is 12.0. The van der Waals surface area contributed by atoms with Crippen LogP contribution in [0.2, 0.25) is 0 Å². The number of carbonyl (C=O) groups is 1. The quantitative estimate of drug-likeness (QED) is 0.673. The minimum atomic E-state index is -0.968. The number of anilines is 2. The van der Waals surface area contributed by atoms with Gasteiger partial charge in [0.2, 0.25) is 0 Å². The van der Waals surface area contributed by atoms with E-state index in [1.165, 1.54) is 6.07 Å². The molecule has 0 aliphatic heterocycles. The van der Waals surface area contributed by atoms with Gasteiger partial charge in [-0.25, -0.2) is 4.79 Å². The van der Waals surface area contributed by atoms with Crippen LogP contribution in [0.5, 0.6) is 0 Å². The first-order valence-corrected chi connectivity index (χ1v) is 5.45. The molecule has 0 saturated heterocycles. The summed E-state index contributed by atoms with van der Waals surface area (Å²) >= 11 is 0. The van der Waals surface area contributed by atoms with Gasteiger partial charge in [0.05, 0.1) is 16.9 Å². The molecule has 0 amide bonds. The van der Waals surface area contributed by atoms with E-state index in [0.717, 1.165) is 12.2 Å². The smallest absolute Gasteiger partial charge is 0.335 e. The minimum Gasteiger partial charge on any atom is -0.478 e. The zero-order chi connectivity index (χ0) is 13.0. The standard InChI is InChI=1S/C12H19N3O2/c1-8(15(2)3)7-14-11-5-4-9(12(16)17)6-10(11)13/h4-6,8,14H,7,13H2,1-3H3,(H,16,17). The van der Waals surface area contributed by atoms with E-state index in [0.29, 0.717) is 11.7 Å². The molecule has 0 heterocycles. The van der Waals surface area contributed by atoms with Crippen molar-refractivity contribution in [3.05, 3.63) is 23.8 Å². The molecule has 0 aliphatic rings. The van der Waals surface area contributed by atoms with Gasteiger partial charge < -0.3 is 21.1 Å². The van der Waals surface area contributed by atoms with E-state index in [4.69, 9.17) is 10.8 Å². The van der Waals surface area contributed by atoms with Crippen molar-refractivity contribution in [1.82, 2.24) is 4.90 Å². The molecular weight excluding hydrogens is 218 g/mol. The Bertz CT molecular complexity index is 405. The van der Waals surface area contributed by atoms with Crippen LogP contribution < -0.4 is 11.1 Å². The van der Waals surface area contributed by atoms with Gasteiger partial charge in [0.25, 0.3) is 0 Å². The van der Waals surface area contributed by atoms with Gasteiger partial charge in [-0.3, -0.25) is 0 Å². The number of rotatable bonds is 5. The lowest BCUT2D eigenvalue weighted by atomic mass is 10.1. The van der Waals surface area contributed by atoms with Crippen LogP contribution in [0, 0.1) is 0 Å². The van der Waals surface area contributed by atoms with Crippen LogP contribution in [-0.2, 0) is 0 Å². The Morgan fingerprint density at radius 2 is 2.18 bits per heavy atom. The summed E-state index contributed by atoms with van der Waals surface area (Å²) in [6.07, 6.45) is 0. The zero-order valence-corrected chi connectivity index (χ0v) is 10.4. The van der Waals surface area contributed by atoms with Crippen molar-refractivity contribution in [3.63, 3.8) is 0 Å². The topological polar surface area (TPSA) is 78.6 Å². The lowest BCUT2D eigenvalue weighted by Crippen LogP contribution is -2.31. The first-order valence-electron chi connectivity index (χ1n) is 5.45. The maximum atomic E-state index is 10.7. The molecule has 0 spiro atoms.